The molecule has 0 spiro atoms. The van der Waals surface area contributed by atoms with Crippen molar-refractivity contribution >= 4 is 23.1 Å². The van der Waals surface area contributed by atoms with Gasteiger partial charge >= 0.3 is 0 Å². The number of rotatable bonds is 4. The van der Waals surface area contributed by atoms with Crippen molar-refractivity contribution in [1.82, 2.24) is 19.7 Å². The number of benzene rings is 2. The lowest BCUT2D eigenvalue weighted by Crippen LogP contribution is -2.07. The van der Waals surface area contributed by atoms with E-state index in [1.54, 1.807) is 6.20 Å². The normalized spacial score (nSPS) is 10.9. The lowest BCUT2D eigenvalue weighted by molar-refractivity contribution is 0.296. The first-order chi connectivity index (χ1) is 12.2. The van der Waals surface area contributed by atoms with Crippen LogP contribution in [-0.4, -0.2) is 19.7 Å². The lowest BCUT2D eigenvalue weighted by Gasteiger charge is -2.11. The molecule has 0 unspecified atom stereocenters. The highest BCUT2D eigenvalue weighted by molar-refractivity contribution is 7.71. The third kappa shape index (κ3) is 2.92. The Labute approximate surface area is 149 Å². The van der Waals surface area contributed by atoms with Crippen LogP contribution in [0.3, 0.4) is 0 Å². The van der Waals surface area contributed by atoms with Crippen molar-refractivity contribution < 1.29 is 4.74 Å². The molecule has 124 valence electrons. The average Bonchev–Trinajstić information content (AvgIpc) is 3.01. The van der Waals surface area contributed by atoms with E-state index in [0.29, 0.717) is 10.6 Å². The van der Waals surface area contributed by atoms with Crippen molar-refractivity contribution in [3.8, 4) is 11.4 Å². The van der Waals surface area contributed by atoms with Crippen LogP contribution in [0.15, 0.2) is 60.8 Å². The van der Waals surface area contributed by atoms with E-state index < -0.39 is 0 Å². The van der Waals surface area contributed by atoms with Crippen LogP contribution in [0.25, 0.3) is 16.6 Å². The number of aryl methyl sites for hydroxylation is 1. The van der Waals surface area contributed by atoms with Gasteiger partial charge in [0.1, 0.15) is 17.9 Å². The predicted octanol–water partition coefficient (Wildman–Crippen LogP) is 4.37. The van der Waals surface area contributed by atoms with E-state index in [4.69, 9.17) is 17.0 Å². The number of fused-ring (bicyclic) bond motifs is 1. The maximum Gasteiger partial charge on any atom is 0.199 e. The first-order valence-corrected chi connectivity index (χ1v) is 8.34. The zero-order valence-electron chi connectivity index (χ0n) is 13.6. The smallest absolute Gasteiger partial charge is 0.199 e. The number of nitrogens with one attached hydrogen (secondary N) is 1. The molecule has 6 heteroatoms. The highest BCUT2D eigenvalue weighted by atomic mass is 32.1. The summed E-state index contributed by atoms with van der Waals surface area (Å²) in [6.45, 7) is 2.33. The Balaban J connectivity index is 1.69. The Kier molecular flexibility index (Phi) is 4.03. The summed E-state index contributed by atoms with van der Waals surface area (Å²) in [5, 5.41) is 8.22. The van der Waals surface area contributed by atoms with E-state index in [1.165, 1.54) is 0 Å². The topological polar surface area (TPSA) is 55.7 Å². The highest BCUT2D eigenvalue weighted by Gasteiger charge is 2.12. The first kappa shape index (κ1) is 15.5. The zero-order chi connectivity index (χ0) is 17.2. The molecular weight excluding hydrogens is 332 g/mol. The molecule has 25 heavy (non-hydrogen) atoms. The van der Waals surface area contributed by atoms with Crippen molar-refractivity contribution in [2.24, 2.45) is 0 Å². The number of H-pyrrole nitrogens is 1. The van der Waals surface area contributed by atoms with E-state index in [-0.39, 0.29) is 6.61 Å². The van der Waals surface area contributed by atoms with Crippen LogP contribution in [-0.2, 0) is 6.61 Å². The number of pyridine rings is 1. The molecule has 0 bridgehead atoms. The first-order valence-electron chi connectivity index (χ1n) is 7.93. The highest BCUT2D eigenvalue weighted by Crippen LogP contribution is 2.24. The maximum atomic E-state index is 6.01. The van der Waals surface area contributed by atoms with Gasteiger partial charge in [0.2, 0.25) is 0 Å². The van der Waals surface area contributed by atoms with E-state index in [0.717, 1.165) is 27.9 Å². The largest absolute Gasteiger partial charge is 0.483 e. The SMILES string of the molecule is Cc1ccccc1-n1c(COc2cccc3cccnc23)n[nH]c1=S. The van der Waals surface area contributed by atoms with Gasteiger partial charge in [0.15, 0.2) is 10.6 Å². The molecule has 0 aliphatic carbocycles. The summed E-state index contributed by atoms with van der Waals surface area (Å²) in [4.78, 5) is 4.41. The van der Waals surface area contributed by atoms with Crippen molar-refractivity contribution in [1.29, 1.82) is 0 Å². The van der Waals surface area contributed by atoms with Gasteiger partial charge in [-0.3, -0.25) is 14.6 Å². The number of nitrogens with zero attached hydrogens (tertiary/aromatic N) is 3. The van der Waals surface area contributed by atoms with Gasteiger partial charge in [0.25, 0.3) is 0 Å². The van der Waals surface area contributed by atoms with Crippen LogP contribution in [0.1, 0.15) is 11.4 Å². The van der Waals surface area contributed by atoms with Gasteiger partial charge in [-0.25, -0.2) is 0 Å². The Bertz CT molecular complexity index is 1090. The minimum absolute atomic E-state index is 0.289. The van der Waals surface area contributed by atoms with Gasteiger partial charge in [-0.1, -0.05) is 36.4 Å². The number of hydrogen-bond acceptors (Lipinski definition) is 4. The molecule has 0 saturated carbocycles. The molecule has 5 nitrogen and oxygen atoms in total. The van der Waals surface area contributed by atoms with Gasteiger partial charge in [0.05, 0.1) is 5.69 Å². The minimum atomic E-state index is 0.289. The van der Waals surface area contributed by atoms with Crippen LogP contribution in [0.2, 0.25) is 0 Å². The Morgan fingerprint density at radius 3 is 2.80 bits per heavy atom. The zero-order valence-corrected chi connectivity index (χ0v) is 14.5. The number of aromatic nitrogens is 4. The second kappa shape index (κ2) is 6.49. The van der Waals surface area contributed by atoms with Gasteiger partial charge in [0, 0.05) is 11.6 Å². The summed E-state index contributed by atoms with van der Waals surface area (Å²) in [6.07, 6.45) is 1.76. The van der Waals surface area contributed by atoms with Gasteiger partial charge in [-0.15, -0.1) is 0 Å². The maximum absolute atomic E-state index is 6.01. The number of ether oxygens (including phenoxy) is 1. The Morgan fingerprint density at radius 1 is 1.08 bits per heavy atom. The molecule has 0 saturated heterocycles. The molecule has 0 aliphatic rings. The summed E-state index contributed by atoms with van der Waals surface area (Å²) in [5.74, 6) is 1.44. The van der Waals surface area contributed by atoms with E-state index in [2.05, 4.69) is 15.2 Å². The summed E-state index contributed by atoms with van der Waals surface area (Å²) in [7, 11) is 0. The summed E-state index contributed by atoms with van der Waals surface area (Å²) in [6, 6.07) is 17.9. The molecule has 2 aromatic heterocycles. The fourth-order valence-corrected chi connectivity index (χ4v) is 3.07. The van der Waals surface area contributed by atoms with Crippen LogP contribution >= 0.6 is 12.2 Å². The summed E-state index contributed by atoms with van der Waals surface area (Å²) >= 11 is 5.40. The molecule has 0 fully saturated rings. The van der Waals surface area contributed by atoms with Crippen LogP contribution in [0, 0.1) is 11.7 Å². The molecule has 4 aromatic rings. The standard InChI is InChI=1S/C19H16N4OS/c1-13-6-2-3-9-15(13)23-17(21-22-19(23)25)12-24-16-10-4-7-14-8-5-11-20-18(14)16/h2-11H,12H2,1H3,(H,22,25). The Morgan fingerprint density at radius 2 is 1.92 bits per heavy atom. The van der Waals surface area contributed by atoms with Crippen molar-refractivity contribution in [3.63, 3.8) is 0 Å². The minimum Gasteiger partial charge on any atom is -0.483 e. The fraction of sp³-hybridized carbons (Fsp3) is 0.105. The number of hydrogen-bond donors (Lipinski definition) is 1. The molecule has 0 radical (unpaired) electrons. The van der Waals surface area contributed by atoms with Crippen LogP contribution < -0.4 is 4.74 Å². The van der Waals surface area contributed by atoms with Crippen molar-refractivity contribution in [3.05, 3.63) is 77.0 Å². The quantitative estimate of drug-likeness (QED) is 0.557. The van der Waals surface area contributed by atoms with Crippen LogP contribution in [0.5, 0.6) is 5.75 Å². The molecule has 2 heterocycles. The monoisotopic (exact) mass is 348 g/mol. The molecule has 1 N–H and O–H groups in total. The third-order valence-electron chi connectivity index (χ3n) is 4.05. The third-order valence-corrected chi connectivity index (χ3v) is 4.32. The molecular formula is C19H16N4OS. The molecule has 0 amide bonds. The van der Waals surface area contributed by atoms with Crippen molar-refractivity contribution in [2.75, 3.05) is 0 Å². The van der Waals surface area contributed by atoms with Crippen LogP contribution in [0.4, 0.5) is 0 Å². The Hall–Kier alpha value is -2.99. The van der Waals surface area contributed by atoms with Gasteiger partial charge in [-0.05, 0) is 42.9 Å². The van der Waals surface area contributed by atoms with Gasteiger partial charge < -0.3 is 4.74 Å². The van der Waals surface area contributed by atoms with E-state index in [9.17, 15) is 0 Å². The fourth-order valence-electron chi connectivity index (χ4n) is 2.82. The number of para-hydroxylation sites is 2. The van der Waals surface area contributed by atoms with E-state index in [1.807, 2.05) is 66.1 Å². The predicted molar refractivity (Wildman–Crippen MR) is 99.6 cm³/mol. The second-order valence-corrected chi connectivity index (χ2v) is 6.07. The number of aromatic amines is 1. The summed E-state index contributed by atoms with van der Waals surface area (Å²) < 4.78 is 8.46. The van der Waals surface area contributed by atoms with Gasteiger partial charge in [-0.2, -0.15) is 5.10 Å². The molecule has 2 aromatic carbocycles. The lowest BCUT2D eigenvalue weighted by atomic mass is 10.2. The molecule has 0 atom stereocenters. The average molecular weight is 348 g/mol. The molecule has 0 aliphatic heterocycles. The second-order valence-electron chi connectivity index (χ2n) is 5.69. The summed E-state index contributed by atoms with van der Waals surface area (Å²) in [5.41, 5.74) is 2.95. The van der Waals surface area contributed by atoms with Crippen molar-refractivity contribution in [2.45, 2.75) is 13.5 Å². The van der Waals surface area contributed by atoms with E-state index >= 15 is 0 Å². The molecule has 4 rings (SSSR count).